The summed E-state index contributed by atoms with van der Waals surface area (Å²) in [5.41, 5.74) is 1.53. The van der Waals surface area contributed by atoms with Crippen LogP contribution in [-0.2, 0) is 0 Å². The molecule has 2 fully saturated rings. The third-order valence-electron chi connectivity index (χ3n) is 5.34. The zero-order valence-corrected chi connectivity index (χ0v) is 15.0. The van der Waals surface area contributed by atoms with Gasteiger partial charge in [0, 0.05) is 32.2 Å². The number of aromatic nitrogens is 2. The van der Waals surface area contributed by atoms with Crippen molar-refractivity contribution in [2.24, 2.45) is 0 Å². The lowest BCUT2D eigenvalue weighted by Gasteiger charge is -2.34. The summed E-state index contributed by atoms with van der Waals surface area (Å²) in [5.74, 6) is -0.165. The van der Waals surface area contributed by atoms with Gasteiger partial charge < -0.3 is 9.80 Å². The number of piperidine rings is 1. The molecule has 138 valence electrons. The lowest BCUT2D eigenvalue weighted by atomic mass is 10.0. The normalized spacial score (nSPS) is 19.3. The summed E-state index contributed by atoms with van der Waals surface area (Å²) in [7, 11) is 0. The fourth-order valence-corrected chi connectivity index (χ4v) is 3.71. The molecule has 0 radical (unpaired) electrons. The van der Waals surface area contributed by atoms with E-state index in [0.717, 1.165) is 38.0 Å². The SMILES string of the molecule is N#Cc1ccccc1C(=O)N1CCC[C@@H](n2ncc(N3CCC3)cc2=O)C1. The van der Waals surface area contributed by atoms with Crippen molar-refractivity contribution in [2.75, 3.05) is 31.1 Å². The van der Waals surface area contributed by atoms with Gasteiger partial charge in [-0.05, 0) is 31.4 Å². The molecular formula is C20H21N5O2. The monoisotopic (exact) mass is 363 g/mol. The maximum atomic E-state index is 12.9. The highest BCUT2D eigenvalue weighted by atomic mass is 16.2. The topological polar surface area (TPSA) is 82.2 Å². The molecule has 0 N–H and O–H groups in total. The number of hydrogen-bond donors (Lipinski definition) is 0. The van der Waals surface area contributed by atoms with Crippen molar-refractivity contribution in [3.05, 3.63) is 58.0 Å². The molecule has 1 aromatic carbocycles. The van der Waals surface area contributed by atoms with E-state index in [1.807, 2.05) is 0 Å². The van der Waals surface area contributed by atoms with Crippen molar-refractivity contribution in [1.29, 1.82) is 5.26 Å². The number of anilines is 1. The number of benzene rings is 1. The van der Waals surface area contributed by atoms with E-state index in [-0.39, 0.29) is 17.5 Å². The second-order valence-corrected chi connectivity index (χ2v) is 7.04. The van der Waals surface area contributed by atoms with Crippen molar-refractivity contribution in [1.82, 2.24) is 14.7 Å². The van der Waals surface area contributed by atoms with E-state index < -0.39 is 0 Å². The van der Waals surface area contributed by atoms with Gasteiger partial charge in [-0.3, -0.25) is 9.59 Å². The van der Waals surface area contributed by atoms with Gasteiger partial charge >= 0.3 is 0 Å². The van der Waals surface area contributed by atoms with Crippen molar-refractivity contribution >= 4 is 11.6 Å². The number of carbonyl (C=O) groups excluding carboxylic acids is 1. The van der Waals surface area contributed by atoms with E-state index in [1.54, 1.807) is 41.4 Å². The van der Waals surface area contributed by atoms with Crippen LogP contribution in [0.3, 0.4) is 0 Å². The van der Waals surface area contributed by atoms with Crippen molar-refractivity contribution in [2.45, 2.75) is 25.3 Å². The summed E-state index contributed by atoms with van der Waals surface area (Å²) in [6.45, 7) is 2.98. The van der Waals surface area contributed by atoms with Crippen LogP contribution in [0.15, 0.2) is 41.3 Å². The molecule has 1 amide bonds. The number of amides is 1. The number of rotatable bonds is 3. The van der Waals surface area contributed by atoms with Gasteiger partial charge in [0.25, 0.3) is 11.5 Å². The summed E-state index contributed by atoms with van der Waals surface area (Å²) >= 11 is 0. The molecule has 2 aliphatic heterocycles. The van der Waals surface area contributed by atoms with Gasteiger partial charge in [-0.2, -0.15) is 10.4 Å². The molecule has 27 heavy (non-hydrogen) atoms. The molecule has 4 rings (SSSR count). The Labute approximate surface area is 157 Å². The fourth-order valence-electron chi connectivity index (χ4n) is 3.71. The van der Waals surface area contributed by atoms with Crippen LogP contribution in [0.25, 0.3) is 0 Å². The van der Waals surface area contributed by atoms with E-state index in [0.29, 0.717) is 24.2 Å². The van der Waals surface area contributed by atoms with Crippen LogP contribution in [0.1, 0.15) is 41.2 Å². The minimum atomic E-state index is -0.165. The predicted molar refractivity (Wildman–Crippen MR) is 101 cm³/mol. The summed E-state index contributed by atoms with van der Waals surface area (Å²) in [5, 5.41) is 13.6. The van der Waals surface area contributed by atoms with Gasteiger partial charge in [0.2, 0.25) is 0 Å². The highest BCUT2D eigenvalue weighted by molar-refractivity contribution is 5.96. The Morgan fingerprint density at radius 2 is 2.00 bits per heavy atom. The van der Waals surface area contributed by atoms with Gasteiger partial charge in [-0.25, -0.2) is 4.68 Å². The molecule has 0 unspecified atom stereocenters. The zero-order chi connectivity index (χ0) is 18.8. The highest BCUT2D eigenvalue weighted by Gasteiger charge is 2.28. The molecule has 0 bridgehead atoms. The molecule has 1 atom stereocenters. The first-order valence-corrected chi connectivity index (χ1v) is 9.29. The summed E-state index contributed by atoms with van der Waals surface area (Å²) in [6, 6.07) is 10.4. The van der Waals surface area contributed by atoms with E-state index in [9.17, 15) is 14.9 Å². The maximum absolute atomic E-state index is 12.9. The van der Waals surface area contributed by atoms with Crippen LogP contribution in [0.4, 0.5) is 5.69 Å². The molecule has 0 aliphatic carbocycles. The van der Waals surface area contributed by atoms with Gasteiger partial charge in [0.15, 0.2) is 0 Å². The molecule has 3 heterocycles. The second-order valence-electron chi connectivity index (χ2n) is 7.04. The minimum Gasteiger partial charge on any atom is -0.370 e. The first-order chi connectivity index (χ1) is 13.2. The Bertz CT molecular complexity index is 957. The second kappa shape index (κ2) is 7.23. The Kier molecular flexibility index (Phi) is 4.63. The number of likely N-dealkylation sites (tertiary alicyclic amines) is 1. The molecule has 0 spiro atoms. The van der Waals surface area contributed by atoms with Crippen LogP contribution in [0, 0.1) is 11.3 Å². The predicted octanol–water partition coefficient (Wildman–Crippen LogP) is 1.80. The average Bonchev–Trinajstić information content (AvgIpc) is 2.66. The van der Waals surface area contributed by atoms with E-state index >= 15 is 0 Å². The number of nitriles is 1. The number of hydrogen-bond acceptors (Lipinski definition) is 5. The average molecular weight is 363 g/mol. The van der Waals surface area contributed by atoms with Crippen LogP contribution >= 0.6 is 0 Å². The van der Waals surface area contributed by atoms with E-state index in [2.05, 4.69) is 16.1 Å². The Morgan fingerprint density at radius 1 is 1.19 bits per heavy atom. The largest absolute Gasteiger partial charge is 0.370 e. The third kappa shape index (κ3) is 3.31. The van der Waals surface area contributed by atoms with Gasteiger partial charge in [0.05, 0.1) is 35.1 Å². The van der Waals surface area contributed by atoms with Crippen LogP contribution in [0.2, 0.25) is 0 Å². The van der Waals surface area contributed by atoms with Gasteiger partial charge in [-0.15, -0.1) is 0 Å². The summed E-state index contributed by atoms with van der Waals surface area (Å²) in [4.78, 5) is 29.3. The smallest absolute Gasteiger partial charge is 0.269 e. The Hall–Kier alpha value is -3.14. The van der Waals surface area contributed by atoms with E-state index in [4.69, 9.17) is 0 Å². The van der Waals surface area contributed by atoms with Crippen LogP contribution in [-0.4, -0.2) is 46.8 Å². The van der Waals surface area contributed by atoms with E-state index in [1.165, 1.54) is 4.68 Å². The Balaban J connectivity index is 1.54. The molecule has 2 aliphatic rings. The van der Waals surface area contributed by atoms with Crippen molar-refractivity contribution in [3.8, 4) is 6.07 Å². The summed E-state index contributed by atoms with van der Waals surface area (Å²) in [6.07, 6.45) is 4.49. The lowest BCUT2D eigenvalue weighted by Crippen LogP contribution is -2.44. The third-order valence-corrected chi connectivity index (χ3v) is 5.34. The zero-order valence-electron chi connectivity index (χ0n) is 15.0. The van der Waals surface area contributed by atoms with Gasteiger partial charge in [0.1, 0.15) is 0 Å². The van der Waals surface area contributed by atoms with Crippen molar-refractivity contribution in [3.63, 3.8) is 0 Å². The molecule has 0 saturated carbocycles. The molecular weight excluding hydrogens is 342 g/mol. The number of carbonyl (C=O) groups is 1. The molecule has 7 nitrogen and oxygen atoms in total. The molecule has 2 saturated heterocycles. The molecule has 2 aromatic rings. The first kappa shape index (κ1) is 17.3. The van der Waals surface area contributed by atoms with Crippen molar-refractivity contribution < 1.29 is 4.79 Å². The Morgan fingerprint density at radius 3 is 2.70 bits per heavy atom. The fraction of sp³-hybridized carbons (Fsp3) is 0.400. The number of nitrogens with zero attached hydrogens (tertiary/aromatic N) is 5. The standard InChI is InChI=1S/C20H21N5O2/c21-12-15-5-1-2-7-18(15)20(27)24-8-3-6-16(14-24)25-19(26)11-17(13-22-25)23-9-4-10-23/h1-2,5,7,11,13,16H,3-4,6,8-10,14H2/t16-/m1/s1. The maximum Gasteiger partial charge on any atom is 0.269 e. The van der Waals surface area contributed by atoms with Crippen LogP contribution in [0.5, 0.6) is 0 Å². The lowest BCUT2D eigenvalue weighted by molar-refractivity contribution is 0.0669. The highest BCUT2D eigenvalue weighted by Crippen LogP contribution is 2.23. The first-order valence-electron chi connectivity index (χ1n) is 9.29. The van der Waals surface area contributed by atoms with Crippen LogP contribution < -0.4 is 10.5 Å². The quantitative estimate of drug-likeness (QED) is 0.830. The molecule has 7 heteroatoms. The minimum absolute atomic E-state index is 0.129. The molecule has 1 aromatic heterocycles. The van der Waals surface area contributed by atoms with Gasteiger partial charge in [-0.1, -0.05) is 12.1 Å². The summed E-state index contributed by atoms with van der Waals surface area (Å²) < 4.78 is 1.50.